The molecule has 1 aromatic carbocycles. The predicted molar refractivity (Wildman–Crippen MR) is 55.0 cm³/mol. The number of hydrogen-bond acceptors (Lipinski definition) is 3. The van der Waals surface area contributed by atoms with E-state index in [0.29, 0.717) is 13.2 Å². The second kappa shape index (κ2) is 4.65. The van der Waals surface area contributed by atoms with Gasteiger partial charge in [-0.3, -0.25) is 4.79 Å². The van der Waals surface area contributed by atoms with Crippen molar-refractivity contribution in [2.45, 2.75) is 0 Å². The number of hydrogen-bond donors (Lipinski definition) is 1. The van der Waals surface area contributed by atoms with Gasteiger partial charge in [0.25, 0.3) is 5.91 Å². The summed E-state index contributed by atoms with van der Waals surface area (Å²) in [5.74, 6) is -0.965. The van der Waals surface area contributed by atoms with E-state index >= 15 is 0 Å². The van der Waals surface area contributed by atoms with Crippen LogP contribution in [0, 0.1) is 5.82 Å². The maximum Gasteiger partial charge on any atom is 0.294 e. The highest BCUT2D eigenvalue weighted by atomic mass is 19.1. The van der Waals surface area contributed by atoms with Crippen molar-refractivity contribution in [3.8, 4) is 0 Å². The predicted octanol–water partition coefficient (Wildman–Crippen LogP) is 1.65. The third-order valence-electron chi connectivity index (χ3n) is 1.99. The van der Waals surface area contributed by atoms with Crippen molar-refractivity contribution in [3.63, 3.8) is 0 Å². The maximum absolute atomic E-state index is 13.2. The normalized spacial score (nSPS) is 14.4. The first-order chi connectivity index (χ1) is 7.77. The zero-order chi connectivity index (χ0) is 11.4. The number of para-hydroxylation sites is 1. The molecule has 0 aliphatic carbocycles. The fourth-order valence-corrected chi connectivity index (χ4v) is 1.23. The summed E-state index contributed by atoms with van der Waals surface area (Å²) < 4.78 is 23.2. The van der Waals surface area contributed by atoms with Crippen LogP contribution in [0.5, 0.6) is 0 Å². The van der Waals surface area contributed by atoms with Gasteiger partial charge >= 0.3 is 0 Å². The first-order valence-corrected chi connectivity index (χ1v) is 4.78. The summed E-state index contributed by atoms with van der Waals surface area (Å²) in [7, 11) is 0. The number of nitrogens with one attached hydrogen (secondary N) is 1. The minimum atomic E-state index is -0.523. The van der Waals surface area contributed by atoms with Gasteiger partial charge in [-0.05, 0) is 12.1 Å². The third-order valence-corrected chi connectivity index (χ3v) is 1.99. The molecule has 0 spiro atoms. The summed E-state index contributed by atoms with van der Waals surface area (Å²) in [5.41, 5.74) is 0.113. The van der Waals surface area contributed by atoms with Crippen molar-refractivity contribution < 1.29 is 18.7 Å². The zero-order valence-corrected chi connectivity index (χ0v) is 8.40. The lowest BCUT2D eigenvalue weighted by molar-refractivity contribution is -0.117. The van der Waals surface area contributed by atoms with E-state index in [1.807, 2.05) is 0 Å². The molecular formula is C11H10FNO3. The molecule has 1 aliphatic rings. The largest absolute Gasteiger partial charge is 0.494 e. The summed E-state index contributed by atoms with van der Waals surface area (Å²) in [6.45, 7) is 0.729. The number of anilines is 1. The Bertz CT molecular complexity index is 431. The molecule has 5 heteroatoms. The van der Waals surface area contributed by atoms with Crippen molar-refractivity contribution in [2.24, 2.45) is 0 Å². The molecular weight excluding hydrogens is 213 g/mol. The van der Waals surface area contributed by atoms with E-state index in [2.05, 4.69) is 5.32 Å². The van der Waals surface area contributed by atoms with Crippen molar-refractivity contribution in [1.82, 2.24) is 0 Å². The fraction of sp³-hybridized carbons (Fsp3) is 0.182. The number of ether oxygens (including phenoxy) is 2. The Balaban J connectivity index is 2.07. The molecule has 0 bridgehead atoms. The minimum absolute atomic E-state index is 0.0505. The number of benzene rings is 1. The third kappa shape index (κ3) is 2.31. The molecule has 0 atom stereocenters. The summed E-state index contributed by atoms with van der Waals surface area (Å²) in [5, 5.41) is 2.39. The average Bonchev–Trinajstić information content (AvgIpc) is 2.33. The molecule has 84 valence electrons. The van der Waals surface area contributed by atoms with Crippen molar-refractivity contribution >= 4 is 11.6 Å². The van der Waals surface area contributed by atoms with Crippen LogP contribution in [-0.2, 0) is 14.3 Å². The van der Waals surface area contributed by atoms with Crippen molar-refractivity contribution in [1.29, 1.82) is 0 Å². The van der Waals surface area contributed by atoms with E-state index in [0.717, 1.165) is 0 Å². The van der Waals surface area contributed by atoms with Gasteiger partial charge in [0, 0.05) is 0 Å². The highest BCUT2D eigenvalue weighted by Crippen LogP contribution is 2.14. The van der Waals surface area contributed by atoms with Crippen LogP contribution in [0.1, 0.15) is 0 Å². The lowest BCUT2D eigenvalue weighted by Gasteiger charge is -2.15. The van der Waals surface area contributed by atoms with E-state index < -0.39 is 11.7 Å². The van der Waals surface area contributed by atoms with Gasteiger partial charge in [-0.2, -0.15) is 0 Å². The molecule has 1 N–H and O–H groups in total. The topological polar surface area (TPSA) is 47.6 Å². The van der Waals surface area contributed by atoms with Crippen LogP contribution in [0.15, 0.2) is 36.3 Å². The second-order valence-electron chi connectivity index (χ2n) is 3.14. The molecule has 0 unspecified atom stereocenters. The molecule has 0 saturated carbocycles. The van der Waals surface area contributed by atoms with Crippen molar-refractivity contribution in [2.75, 3.05) is 18.5 Å². The summed E-state index contributed by atoms with van der Waals surface area (Å²) in [6.07, 6.45) is 1.22. The SMILES string of the molecule is O=C(Nc1ccccc1F)C1=COCCO1. The first kappa shape index (κ1) is 10.5. The lowest BCUT2D eigenvalue weighted by atomic mass is 10.3. The molecule has 1 aromatic rings. The highest BCUT2D eigenvalue weighted by molar-refractivity contribution is 6.02. The summed E-state index contributed by atoms with van der Waals surface area (Å²) in [4.78, 5) is 11.6. The Hall–Kier alpha value is -2.04. The number of rotatable bonds is 2. The van der Waals surface area contributed by atoms with Gasteiger partial charge in [0.05, 0.1) is 5.69 Å². The van der Waals surface area contributed by atoms with Crippen molar-refractivity contribution in [3.05, 3.63) is 42.1 Å². The van der Waals surface area contributed by atoms with E-state index in [-0.39, 0.29) is 11.4 Å². The van der Waals surface area contributed by atoms with E-state index in [9.17, 15) is 9.18 Å². The van der Waals surface area contributed by atoms with E-state index in [1.54, 1.807) is 12.1 Å². The van der Waals surface area contributed by atoms with Gasteiger partial charge in [0.2, 0.25) is 5.76 Å². The first-order valence-electron chi connectivity index (χ1n) is 4.78. The quantitative estimate of drug-likeness (QED) is 0.829. The van der Waals surface area contributed by atoms with Crippen LogP contribution in [-0.4, -0.2) is 19.1 Å². The number of amides is 1. The molecule has 1 heterocycles. The molecule has 0 saturated heterocycles. The Labute approximate surface area is 91.7 Å². The number of halogens is 1. The van der Waals surface area contributed by atoms with E-state index in [1.165, 1.54) is 18.4 Å². The Morgan fingerprint density at radius 1 is 1.31 bits per heavy atom. The smallest absolute Gasteiger partial charge is 0.294 e. The van der Waals surface area contributed by atoms with Crippen LogP contribution in [0.4, 0.5) is 10.1 Å². The highest BCUT2D eigenvalue weighted by Gasteiger charge is 2.16. The van der Waals surface area contributed by atoms with Gasteiger partial charge in [0.1, 0.15) is 25.3 Å². The number of carbonyl (C=O) groups excluding carboxylic acids is 1. The summed E-state index contributed by atoms with van der Waals surface area (Å²) >= 11 is 0. The van der Waals surface area contributed by atoms with Crippen LogP contribution >= 0.6 is 0 Å². The monoisotopic (exact) mass is 223 g/mol. The van der Waals surface area contributed by atoms with Crippen LogP contribution in [0.3, 0.4) is 0 Å². The van der Waals surface area contributed by atoms with Gasteiger partial charge in [-0.1, -0.05) is 12.1 Å². The molecule has 0 aromatic heterocycles. The van der Waals surface area contributed by atoms with Crippen LogP contribution in [0.25, 0.3) is 0 Å². The molecule has 4 nitrogen and oxygen atoms in total. The van der Waals surface area contributed by atoms with Gasteiger partial charge in [-0.25, -0.2) is 4.39 Å². The molecule has 0 fully saturated rings. The second-order valence-corrected chi connectivity index (χ2v) is 3.14. The van der Waals surface area contributed by atoms with Gasteiger partial charge in [-0.15, -0.1) is 0 Å². The summed E-state index contributed by atoms with van der Waals surface area (Å²) in [6, 6.07) is 5.91. The lowest BCUT2D eigenvalue weighted by Crippen LogP contribution is -2.21. The Kier molecular flexibility index (Phi) is 3.05. The molecule has 1 amide bonds. The van der Waals surface area contributed by atoms with Crippen LogP contribution in [0.2, 0.25) is 0 Å². The average molecular weight is 223 g/mol. The van der Waals surface area contributed by atoms with Gasteiger partial charge < -0.3 is 14.8 Å². The maximum atomic E-state index is 13.2. The van der Waals surface area contributed by atoms with Crippen LogP contribution < -0.4 is 5.32 Å². The minimum Gasteiger partial charge on any atom is -0.494 e. The Morgan fingerprint density at radius 2 is 2.12 bits per heavy atom. The molecule has 16 heavy (non-hydrogen) atoms. The molecule has 0 radical (unpaired) electrons. The molecule has 1 aliphatic heterocycles. The standard InChI is InChI=1S/C11H10FNO3/c12-8-3-1-2-4-9(8)13-11(14)10-7-15-5-6-16-10/h1-4,7H,5-6H2,(H,13,14). The molecule has 2 rings (SSSR count). The van der Waals surface area contributed by atoms with E-state index in [4.69, 9.17) is 9.47 Å². The zero-order valence-electron chi connectivity index (χ0n) is 8.40. The fourth-order valence-electron chi connectivity index (χ4n) is 1.23. The number of carbonyl (C=O) groups is 1. The Morgan fingerprint density at radius 3 is 2.81 bits per heavy atom. The van der Waals surface area contributed by atoms with Gasteiger partial charge in [0.15, 0.2) is 0 Å².